The zero-order valence-electron chi connectivity index (χ0n) is 11.0. The number of anilines is 2. The van der Waals surface area contributed by atoms with Gasteiger partial charge in [-0.1, -0.05) is 17.7 Å². The van der Waals surface area contributed by atoms with Crippen molar-refractivity contribution in [3.05, 3.63) is 53.1 Å². The third kappa shape index (κ3) is 4.00. The van der Waals surface area contributed by atoms with Crippen molar-refractivity contribution < 1.29 is 14.0 Å². The van der Waals surface area contributed by atoms with Crippen LogP contribution in [0.2, 0.25) is 5.15 Å². The minimum absolute atomic E-state index is 0.0680. The van der Waals surface area contributed by atoms with Gasteiger partial charge in [-0.3, -0.25) is 9.59 Å². The highest BCUT2D eigenvalue weighted by Crippen LogP contribution is 2.19. The van der Waals surface area contributed by atoms with Gasteiger partial charge in [-0.2, -0.15) is 0 Å². The second-order valence-corrected chi connectivity index (χ2v) is 4.57. The number of rotatable bonds is 3. The zero-order valence-corrected chi connectivity index (χ0v) is 11.7. The van der Waals surface area contributed by atoms with E-state index in [1.807, 2.05) is 0 Å². The number of nitrogens with zero attached hydrogens (tertiary/aromatic N) is 1. The maximum atomic E-state index is 13.1. The van der Waals surface area contributed by atoms with Crippen LogP contribution in [0.15, 0.2) is 36.5 Å². The Balaban J connectivity index is 2.19. The smallest absolute Gasteiger partial charge is 0.258 e. The molecule has 2 amide bonds. The van der Waals surface area contributed by atoms with Gasteiger partial charge in [0.25, 0.3) is 5.91 Å². The Labute approximate surface area is 125 Å². The second-order valence-electron chi connectivity index (χ2n) is 4.21. The van der Waals surface area contributed by atoms with Crippen LogP contribution >= 0.6 is 11.6 Å². The van der Waals surface area contributed by atoms with Gasteiger partial charge in [0, 0.05) is 18.3 Å². The Hall–Kier alpha value is -2.47. The fraction of sp³-hybridized carbons (Fsp3) is 0.0714. The van der Waals surface area contributed by atoms with Crippen LogP contribution in [0.3, 0.4) is 0 Å². The SMILES string of the molecule is CC(=O)Nc1cccc(NC(=O)c2cc(F)cnc2Cl)c1. The van der Waals surface area contributed by atoms with Crippen molar-refractivity contribution in [1.82, 2.24) is 4.98 Å². The van der Waals surface area contributed by atoms with Crippen molar-refractivity contribution >= 4 is 34.8 Å². The van der Waals surface area contributed by atoms with Gasteiger partial charge in [0.2, 0.25) is 5.91 Å². The zero-order chi connectivity index (χ0) is 15.4. The summed E-state index contributed by atoms with van der Waals surface area (Å²) in [6, 6.07) is 7.53. The topological polar surface area (TPSA) is 71.1 Å². The molecule has 0 unspecified atom stereocenters. The molecule has 0 fully saturated rings. The van der Waals surface area contributed by atoms with Crippen molar-refractivity contribution in [3.63, 3.8) is 0 Å². The molecule has 0 spiro atoms. The Morgan fingerprint density at radius 2 is 1.86 bits per heavy atom. The first-order valence-electron chi connectivity index (χ1n) is 5.96. The molecule has 108 valence electrons. The maximum absolute atomic E-state index is 13.1. The second kappa shape index (κ2) is 6.32. The molecule has 7 heteroatoms. The van der Waals surface area contributed by atoms with Crippen LogP contribution in [0, 0.1) is 5.82 Å². The van der Waals surface area contributed by atoms with Crippen LogP contribution in [0.1, 0.15) is 17.3 Å². The van der Waals surface area contributed by atoms with Gasteiger partial charge in [-0.15, -0.1) is 0 Å². The van der Waals surface area contributed by atoms with Crippen LogP contribution < -0.4 is 10.6 Å². The van der Waals surface area contributed by atoms with E-state index in [9.17, 15) is 14.0 Å². The Morgan fingerprint density at radius 1 is 1.19 bits per heavy atom. The first-order valence-corrected chi connectivity index (χ1v) is 6.33. The number of aromatic nitrogens is 1. The first-order chi connectivity index (χ1) is 9.95. The minimum atomic E-state index is -0.656. The van der Waals surface area contributed by atoms with E-state index < -0.39 is 11.7 Å². The lowest BCUT2D eigenvalue weighted by atomic mass is 10.2. The van der Waals surface area contributed by atoms with E-state index in [2.05, 4.69) is 15.6 Å². The summed E-state index contributed by atoms with van der Waals surface area (Å²) in [6.45, 7) is 1.38. The summed E-state index contributed by atoms with van der Waals surface area (Å²) in [5.74, 6) is -1.47. The molecule has 0 atom stereocenters. The molecule has 0 aliphatic heterocycles. The van der Waals surface area contributed by atoms with Crippen LogP contribution in [-0.2, 0) is 4.79 Å². The van der Waals surface area contributed by atoms with Crippen molar-refractivity contribution in [2.75, 3.05) is 10.6 Å². The number of halogens is 2. The van der Waals surface area contributed by atoms with Crippen LogP contribution in [-0.4, -0.2) is 16.8 Å². The summed E-state index contributed by atoms with van der Waals surface area (Å²) < 4.78 is 13.1. The number of pyridine rings is 1. The summed E-state index contributed by atoms with van der Waals surface area (Å²) in [4.78, 5) is 26.6. The van der Waals surface area contributed by atoms with Gasteiger partial charge in [0.05, 0.1) is 11.8 Å². The van der Waals surface area contributed by atoms with Gasteiger partial charge in [-0.25, -0.2) is 9.37 Å². The lowest BCUT2D eigenvalue weighted by Crippen LogP contribution is -2.14. The normalized spacial score (nSPS) is 10.0. The number of carbonyl (C=O) groups is 2. The van der Waals surface area contributed by atoms with Crippen molar-refractivity contribution in [3.8, 4) is 0 Å². The molecule has 0 aliphatic rings. The Kier molecular flexibility index (Phi) is 4.49. The average Bonchev–Trinajstić information content (AvgIpc) is 2.41. The van der Waals surface area contributed by atoms with Crippen LogP contribution in [0.5, 0.6) is 0 Å². The van der Waals surface area contributed by atoms with Gasteiger partial charge in [-0.05, 0) is 24.3 Å². The number of hydrogen-bond acceptors (Lipinski definition) is 3. The number of carbonyl (C=O) groups excluding carboxylic acids is 2. The van der Waals surface area contributed by atoms with Crippen LogP contribution in [0.25, 0.3) is 0 Å². The van der Waals surface area contributed by atoms with E-state index in [1.54, 1.807) is 24.3 Å². The quantitative estimate of drug-likeness (QED) is 0.856. The third-order valence-corrected chi connectivity index (χ3v) is 2.79. The monoisotopic (exact) mass is 307 g/mol. The van der Waals surface area contributed by atoms with E-state index in [0.29, 0.717) is 11.4 Å². The molecular weight excluding hydrogens is 297 g/mol. The molecule has 21 heavy (non-hydrogen) atoms. The largest absolute Gasteiger partial charge is 0.326 e. The summed E-state index contributed by atoms with van der Waals surface area (Å²) in [5.41, 5.74) is 0.900. The van der Waals surface area contributed by atoms with Gasteiger partial charge in [0.15, 0.2) is 0 Å². The molecular formula is C14H11ClFN3O2. The molecule has 0 saturated carbocycles. The van der Waals surface area contributed by atoms with E-state index in [-0.39, 0.29) is 16.6 Å². The standard InChI is InChI=1S/C14H11ClFN3O2/c1-8(20)18-10-3-2-4-11(6-10)19-14(21)12-5-9(16)7-17-13(12)15/h2-7H,1H3,(H,18,20)(H,19,21). The molecule has 0 aliphatic carbocycles. The number of hydrogen-bond donors (Lipinski definition) is 2. The predicted molar refractivity (Wildman–Crippen MR) is 77.9 cm³/mol. The van der Waals surface area contributed by atoms with E-state index in [1.165, 1.54) is 6.92 Å². The molecule has 1 aromatic carbocycles. The highest BCUT2D eigenvalue weighted by molar-refractivity contribution is 6.33. The lowest BCUT2D eigenvalue weighted by molar-refractivity contribution is -0.114. The van der Waals surface area contributed by atoms with Crippen molar-refractivity contribution in [2.45, 2.75) is 6.92 Å². The summed E-state index contributed by atoms with van der Waals surface area (Å²) in [6.07, 6.45) is 0.927. The molecule has 2 aromatic rings. The third-order valence-electron chi connectivity index (χ3n) is 2.49. The van der Waals surface area contributed by atoms with Crippen molar-refractivity contribution in [2.24, 2.45) is 0 Å². The highest BCUT2D eigenvalue weighted by Gasteiger charge is 2.13. The first kappa shape index (κ1) is 14.9. The summed E-state index contributed by atoms with van der Waals surface area (Å²) >= 11 is 5.76. The molecule has 0 radical (unpaired) electrons. The van der Waals surface area contributed by atoms with E-state index in [4.69, 9.17) is 11.6 Å². The van der Waals surface area contributed by atoms with E-state index >= 15 is 0 Å². The summed E-state index contributed by atoms with van der Waals surface area (Å²) in [7, 11) is 0. The number of nitrogens with one attached hydrogen (secondary N) is 2. The number of amides is 2. The minimum Gasteiger partial charge on any atom is -0.326 e. The lowest BCUT2D eigenvalue weighted by Gasteiger charge is -2.08. The highest BCUT2D eigenvalue weighted by atomic mass is 35.5. The maximum Gasteiger partial charge on any atom is 0.258 e. The molecule has 0 saturated heterocycles. The van der Waals surface area contributed by atoms with Crippen LogP contribution in [0.4, 0.5) is 15.8 Å². The molecule has 1 aromatic heterocycles. The van der Waals surface area contributed by atoms with Gasteiger partial charge < -0.3 is 10.6 Å². The fourth-order valence-corrected chi connectivity index (χ4v) is 1.85. The summed E-state index contributed by atoms with van der Waals surface area (Å²) in [5, 5.41) is 5.06. The molecule has 2 N–H and O–H groups in total. The molecule has 5 nitrogen and oxygen atoms in total. The Morgan fingerprint density at radius 3 is 2.52 bits per heavy atom. The predicted octanol–water partition coefficient (Wildman–Crippen LogP) is 3.08. The number of benzene rings is 1. The average molecular weight is 308 g/mol. The molecule has 2 rings (SSSR count). The fourth-order valence-electron chi connectivity index (χ4n) is 1.66. The van der Waals surface area contributed by atoms with Gasteiger partial charge in [0.1, 0.15) is 11.0 Å². The van der Waals surface area contributed by atoms with E-state index in [0.717, 1.165) is 12.3 Å². The van der Waals surface area contributed by atoms with Crippen molar-refractivity contribution in [1.29, 1.82) is 0 Å². The molecule has 1 heterocycles. The molecule has 0 bridgehead atoms. The Bertz CT molecular complexity index is 706. The van der Waals surface area contributed by atoms with Gasteiger partial charge >= 0.3 is 0 Å².